The lowest BCUT2D eigenvalue weighted by Gasteiger charge is -2.14. The van der Waals surface area contributed by atoms with E-state index < -0.39 is 5.56 Å². The normalized spacial score (nSPS) is 10.9. The predicted molar refractivity (Wildman–Crippen MR) is 122 cm³/mol. The lowest BCUT2D eigenvalue weighted by atomic mass is 10.0. The molecule has 0 aliphatic rings. The Kier molecular flexibility index (Phi) is 5.14. The predicted octanol–water partition coefficient (Wildman–Crippen LogP) is 5.72. The molecule has 152 valence electrons. The molecule has 1 aromatic heterocycles. The van der Waals surface area contributed by atoms with Gasteiger partial charge in [0.2, 0.25) is 5.75 Å². The van der Waals surface area contributed by atoms with Crippen LogP contribution in [0.4, 0.5) is 5.69 Å². The van der Waals surface area contributed by atoms with Gasteiger partial charge in [-0.05, 0) is 54.4 Å². The van der Waals surface area contributed by atoms with Crippen molar-refractivity contribution in [2.24, 2.45) is 0 Å². The van der Waals surface area contributed by atoms with Gasteiger partial charge >= 0.3 is 0 Å². The standard InChI is InChI=1S/C24H21ClN2O3/c1-14-5-4-6-17(11-14)30-23-22(28)19-12-18(20(25)13-21(19)26-24(23)29)15-7-9-16(10-8-15)27(2)3/h4-13H,1-3H3,(H2,26,28,29). The number of aryl methyl sites for hydroxylation is 1. The van der Waals surface area contributed by atoms with Gasteiger partial charge in [-0.25, -0.2) is 0 Å². The van der Waals surface area contributed by atoms with Crippen molar-refractivity contribution in [1.29, 1.82) is 0 Å². The van der Waals surface area contributed by atoms with Crippen LogP contribution in [-0.2, 0) is 0 Å². The average molecular weight is 421 g/mol. The summed E-state index contributed by atoms with van der Waals surface area (Å²) < 4.78 is 5.71. The fourth-order valence-electron chi connectivity index (χ4n) is 3.33. The Hall–Kier alpha value is -3.44. The second-order valence-electron chi connectivity index (χ2n) is 7.37. The highest BCUT2D eigenvalue weighted by Gasteiger charge is 2.17. The van der Waals surface area contributed by atoms with E-state index in [4.69, 9.17) is 16.3 Å². The molecule has 0 aliphatic carbocycles. The molecule has 0 radical (unpaired) electrons. The minimum Gasteiger partial charge on any atom is -0.504 e. The fourth-order valence-corrected chi connectivity index (χ4v) is 3.61. The summed E-state index contributed by atoms with van der Waals surface area (Å²) in [7, 11) is 3.95. The molecule has 30 heavy (non-hydrogen) atoms. The summed E-state index contributed by atoms with van der Waals surface area (Å²) in [4.78, 5) is 17.3. The van der Waals surface area contributed by atoms with Crippen LogP contribution in [0.15, 0.2) is 65.5 Å². The van der Waals surface area contributed by atoms with Crippen LogP contribution in [0.2, 0.25) is 5.02 Å². The average Bonchev–Trinajstić information content (AvgIpc) is 2.71. The van der Waals surface area contributed by atoms with Crippen molar-refractivity contribution in [3.05, 3.63) is 81.6 Å². The third-order valence-corrected chi connectivity index (χ3v) is 5.25. The first-order chi connectivity index (χ1) is 14.3. The highest BCUT2D eigenvalue weighted by Crippen LogP contribution is 2.38. The van der Waals surface area contributed by atoms with Gasteiger partial charge in [-0.15, -0.1) is 0 Å². The molecule has 6 heteroatoms. The Morgan fingerprint density at radius 3 is 2.43 bits per heavy atom. The number of aromatic nitrogens is 1. The molecule has 0 aliphatic heterocycles. The molecule has 0 amide bonds. The van der Waals surface area contributed by atoms with E-state index >= 15 is 0 Å². The zero-order chi connectivity index (χ0) is 21.4. The van der Waals surface area contributed by atoms with Crippen LogP contribution in [0.5, 0.6) is 17.2 Å². The maximum atomic E-state index is 12.5. The van der Waals surface area contributed by atoms with E-state index in [1.54, 1.807) is 24.3 Å². The first-order valence-corrected chi connectivity index (χ1v) is 9.82. The molecule has 4 rings (SSSR count). The molecular weight excluding hydrogens is 400 g/mol. The van der Waals surface area contributed by atoms with E-state index in [0.29, 0.717) is 21.7 Å². The monoisotopic (exact) mass is 420 g/mol. The van der Waals surface area contributed by atoms with Crippen molar-refractivity contribution >= 4 is 28.2 Å². The Bertz CT molecular complexity index is 1290. The van der Waals surface area contributed by atoms with Gasteiger partial charge in [0, 0.05) is 30.7 Å². The van der Waals surface area contributed by atoms with E-state index in [1.807, 2.05) is 62.3 Å². The Morgan fingerprint density at radius 2 is 1.77 bits per heavy atom. The number of ether oxygens (including phenoxy) is 1. The Morgan fingerprint density at radius 1 is 1.03 bits per heavy atom. The molecule has 0 bridgehead atoms. The third kappa shape index (κ3) is 3.72. The molecule has 0 unspecified atom stereocenters. The van der Waals surface area contributed by atoms with Crippen molar-refractivity contribution in [1.82, 2.24) is 4.98 Å². The van der Waals surface area contributed by atoms with Crippen LogP contribution in [0.3, 0.4) is 0 Å². The zero-order valence-electron chi connectivity index (χ0n) is 16.9. The lowest BCUT2D eigenvalue weighted by molar-refractivity contribution is 0.410. The SMILES string of the molecule is Cc1cccc(Oc2c(O)c3cc(-c4ccc(N(C)C)cc4)c(Cl)cc3[nH]c2=O)c1. The second-order valence-corrected chi connectivity index (χ2v) is 7.78. The topological polar surface area (TPSA) is 65.6 Å². The number of pyridine rings is 1. The van der Waals surface area contributed by atoms with Crippen molar-refractivity contribution in [3.8, 4) is 28.4 Å². The maximum absolute atomic E-state index is 12.5. The molecule has 2 N–H and O–H groups in total. The van der Waals surface area contributed by atoms with E-state index in [-0.39, 0.29) is 11.5 Å². The number of hydrogen-bond acceptors (Lipinski definition) is 4. The number of halogens is 1. The number of benzene rings is 3. The Balaban J connectivity index is 1.83. The first kappa shape index (κ1) is 19.9. The van der Waals surface area contributed by atoms with Gasteiger partial charge < -0.3 is 19.7 Å². The van der Waals surface area contributed by atoms with Crippen molar-refractivity contribution in [3.63, 3.8) is 0 Å². The largest absolute Gasteiger partial charge is 0.504 e. The number of anilines is 1. The van der Waals surface area contributed by atoms with E-state index in [1.165, 1.54) is 0 Å². The van der Waals surface area contributed by atoms with E-state index in [9.17, 15) is 9.90 Å². The van der Waals surface area contributed by atoms with Crippen LogP contribution >= 0.6 is 11.6 Å². The summed E-state index contributed by atoms with van der Waals surface area (Å²) in [5, 5.41) is 11.8. The van der Waals surface area contributed by atoms with Crippen molar-refractivity contribution in [2.75, 3.05) is 19.0 Å². The van der Waals surface area contributed by atoms with Gasteiger partial charge in [-0.1, -0.05) is 35.9 Å². The minimum absolute atomic E-state index is 0.149. The van der Waals surface area contributed by atoms with Gasteiger partial charge in [0.1, 0.15) is 5.75 Å². The summed E-state index contributed by atoms with van der Waals surface area (Å²) in [6.07, 6.45) is 0. The van der Waals surface area contributed by atoms with Crippen LogP contribution in [-0.4, -0.2) is 24.2 Å². The molecule has 1 heterocycles. The second kappa shape index (κ2) is 7.76. The number of nitrogens with zero attached hydrogens (tertiary/aromatic N) is 1. The molecule has 0 saturated heterocycles. The summed E-state index contributed by atoms with van der Waals surface area (Å²) in [5.41, 5.74) is 3.61. The van der Waals surface area contributed by atoms with Gasteiger partial charge in [0.25, 0.3) is 5.56 Å². The van der Waals surface area contributed by atoms with E-state index in [0.717, 1.165) is 22.4 Å². The van der Waals surface area contributed by atoms with Crippen LogP contribution in [0.25, 0.3) is 22.0 Å². The number of nitrogens with one attached hydrogen (secondary N) is 1. The van der Waals surface area contributed by atoms with Crippen LogP contribution in [0, 0.1) is 6.92 Å². The summed E-state index contributed by atoms with van der Waals surface area (Å²) in [5.74, 6) is 0.103. The van der Waals surface area contributed by atoms with Gasteiger partial charge in [-0.2, -0.15) is 0 Å². The smallest absolute Gasteiger partial charge is 0.295 e. The first-order valence-electron chi connectivity index (χ1n) is 9.44. The van der Waals surface area contributed by atoms with Crippen molar-refractivity contribution in [2.45, 2.75) is 6.92 Å². The van der Waals surface area contributed by atoms with Gasteiger partial charge in [0.15, 0.2) is 5.75 Å². The van der Waals surface area contributed by atoms with Crippen LogP contribution < -0.4 is 15.2 Å². The number of fused-ring (bicyclic) bond motifs is 1. The highest BCUT2D eigenvalue weighted by molar-refractivity contribution is 6.34. The third-order valence-electron chi connectivity index (χ3n) is 4.94. The highest BCUT2D eigenvalue weighted by atomic mass is 35.5. The lowest BCUT2D eigenvalue weighted by Crippen LogP contribution is -2.09. The van der Waals surface area contributed by atoms with Crippen molar-refractivity contribution < 1.29 is 9.84 Å². The quantitative estimate of drug-likeness (QED) is 0.443. The van der Waals surface area contributed by atoms with Crippen LogP contribution in [0.1, 0.15) is 5.56 Å². The number of hydrogen-bond donors (Lipinski definition) is 2. The number of rotatable bonds is 4. The molecule has 4 aromatic rings. The fraction of sp³-hybridized carbons (Fsp3) is 0.125. The Labute approximate surface area is 179 Å². The summed E-state index contributed by atoms with van der Waals surface area (Å²) >= 11 is 6.49. The zero-order valence-corrected chi connectivity index (χ0v) is 17.6. The minimum atomic E-state index is -0.527. The van der Waals surface area contributed by atoms with E-state index in [2.05, 4.69) is 4.98 Å². The molecular formula is C24H21ClN2O3. The molecule has 3 aromatic carbocycles. The van der Waals surface area contributed by atoms with Gasteiger partial charge in [0.05, 0.1) is 10.5 Å². The molecule has 5 nitrogen and oxygen atoms in total. The number of aromatic hydroxyl groups is 1. The number of H-pyrrole nitrogens is 1. The van der Waals surface area contributed by atoms with Gasteiger partial charge in [-0.3, -0.25) is 4.79 Å². The number of aromatic amines is 1. The summed E-state index contributed by atoms with van der Waals surface area (Å²) in [6, 6.07) is 18.6. The molecule has 0 atom stereocenters. The molecule has 0 fully saturated rings. The molecule has 0 saturated carbocycles. The summed E-state index contributed by atoms with van der Waals surface area (Å²) in [6.45, 7) is 1.92. The maximum Gasteiger partial charge on any atom is 0.295 e. The molecule has 0 spiro atoms.